The van der Waals surface area contributed by atoms with Crippen LogP contribution in [0, 0.1) is 23.7 Å². The smallest absolute Gasteiger partial charge is 0.338 e. The molecule has 178 valence electrons. The molecule has 36 heavy (non-hydrogen) atoms. The molecular weight excluding hydrogens is 450 g/mol. The highest BCUT2D eigenvalue weighted by molar-refractivity contribution is 6.23. The number of carbonyl (C=O) groups excluding carboxylic acids is 3. The van der Waals surface area contributed by atoms with Crippen LogP contribution in [-0.4, -0.2) is 24.4 Å². The van der Waals surface area contributed by atoms with E-state index >= 15 is 0 Å². The second-order valence-corrected chi connectivity index (χ2v) is 9.33. The van der Waals surface area contributed by atoms with Gasteiger partial charge in [-0.15, -0.1) is 0 Å². The molecule has 6 rings (SSSR count). The molecule has 3 aromatic rings. The monoisotopic (exact) mass is 475 g/mol. The van der Waals surface area contributed by atoms with Crippen LogP contribution in [0.5, 0.6) is 0 Å². The molecule has 4 atom stereocenters. The van der Waals surface area contributed by atoms with Crippen LogP contribution >= 0.6 is 0 Å². The highest BCUT2D eigenvalue weighted by Gasteiger charge is 2.62. The summed E-state index contributed by atoms with van der Waals surface area (Å²) in [4.78, 5) is 40.7. The Morgan fingerprint density at radius 3 is 1.69 bits per heavy atom. The minimum atomic E-state index is -0.425. The van der Waals surface area contributed by atoms with Gasteiger partial charge in [0, 0.05) is 11.8 Å². The topological polar surface area (TPSA) is 63.7 Å². The number of rotatable bonds is 5. The van der Waals surface area contributed by atoms with Gasteiger partial charge in [0.25, 0.3) is 0 Å². The molecule has 3 aromatic carbocycles. The maximum atomic E-state index is 13.7. The molecule has 1 heterocycles. The zero-order valence-electron chi connectivity index (χ0n) is 19.8. The van der Waals surface area contributed by atoms with Crippen molar-refractivity contribution >= 4 is 29.0 Å². The van der Waals surface area contributed by atoms with E-state index in [-0.39, 0.29) is 30.3 Å². The Kier molecular flexibility index (Phi) is 5.41. The zero-order valence-corrected chi connectivity index (χ0v) is 19.8. The number of esters is 1. The van der Waals surface area contributed by atoms with Gasteiger partial charge in [0.2, 0.25) is 11.8 Å². The van der Waals surface area contributed by atoms with E-state index in [1.807, 2.05) is 36.4 Å². The van der Waals surface area contributed by atoms with E-state index in [0.29, 0.717) is 11.3 Å². The number of benzene rings is 3. The van der Waals surface area contributed by atoms with E-state index in [1.165, 1.54) is 4.90 Å². The molecule has 0 spiro atoms. The Balaban J connectivity index is 1.39. The summed E-state index contributed by atoms with van der Waals surface area (Å²) in [6, 6.07) is 26.9. The van der Waals surface area contributed by atoms with Gasteiger partial charge in [0.1, 0.15) is 0 Å². The fourth-order valence-electron chi connectivity index (χ4n) is 6.02. The molecular formula is C31H25NO4. The molecule has 2 amide bonds. The number of anilines is 1. The van der Waals surface area contributed by atoms with Crippen LogP contribution in [-0.2, 0) is 14.3 Å². The molecule has 5 heteroatoms. The van der Waals surface area contributed by atoms with Gasteiger partial charge in [-0.05, 0) is 53.5 Å². The van der Waals surface area contributed by atoms with Crippen LogP contribution in [0.3, 0.4) is 0 Å². The first-order valence-corrected chi connectivity index (χ1v) is 12.3. The van der Waals surface area contributed by atoms with Crippen LogP contribution in [0.4, 0.5) is 5.69 Å². The Bertz CT molecular complexity index is 1330. The number of allylic oxidation sites excluding steroid dienone is 3. The Hall–Kier alpha value is -4.25. The summed E-state index contributed by atoms with van der Waals surface area (Å²) >= 11 is 0. The largest absolute Gasteiger partial charge is 0.462 e. The van der Waals surface area contributed by atoms with E-state index < -0.39 is 17.8 Å². The summed E-state index contributed by atoms with van der Waals surface area (Å²) < 4.78 is 5.04. The first kappa shape index (κ1) is 22.2. The average molecular weight is 476 g/mol. The van der Waals surface area contributed by atoms with Crippen molar-refractivity contribution < 1.29 is 19.1 Å². The molecule has 1 aliphatic heterocycles. The number of hydrogen-bond acceptors (Lipinski definition) is 4. The van der Waals surface area contributed by atoms with Crippen LogP contribution in [0.1, 0.15) is 28.4 Å². The summed E-state index contributed by atoms with van der Waals surface area (Å²) in [7, 11) is 0. The van der Waals surface area contributed by atoms with Crippen LogP contribution in [0.15, 0.2) is 103 Å². The van der Waals surface area contributed by atoms with Crippen molar-refractivity contribution in [3.63, 3.8) is 0 Å². The molecule has 1 saturated heterocycles. The number of nitrogens with zero attached hydrogens (tertiary/aromatic N) is 1. The fourth-order valence-corrected chi connectivity index (χ4v) is 6.02. The van der Waals surface area contributed by atoms with Gasteiger partial charge in [-0.25, -0.2) is 9.69 Å². The number of fused-ring (bicyclic) bond motifs is 5. The highest BCUT2D eigenvalue weighted by Crippen LogP contribution is 2.58. The molecule has 0 aromatic heterocycles. The predicted octanol–water partition coefficient (Wildman–Crippen LogP) is 5.29. The summed E-state index contributed by atoms with van der Waals surface area (Å²) in [5, 5.41) is 0. The van der Waals surface area contributed by atoms with Crippen molar-refractivity contribution in [2.45, 2.75) is 6.92 Å². The van der Waals surface area contributed by atoms with Crippen molar-refractivity contribution in [2.75, 3.05) is 11.5 Å². The van der Waals surface area contributed by atoms with Gasteiger partial charge in [0.05, 0.1) is 29.7 Å². The molecule has 0 unspecified atom stereocenters. The van der Waals surface area contributed by atoms with Crippen molar-refractivity contribution in [3.05, 3.63) is 119 Å². The average Bonchev–Trinajstić information content (AvgIpc) is 3.55. The zero-order chi connectivity index (χ0) is 24.8. The first-order valence-electron chi connectivity index (χ1n) is 12.3. The normalized spacial score (nSPS) is 23.8. The lowest BCUT2D eigenvalue weighted by atomic mass is 9.85. The van der Waals surface area contributed by atoms with Gasteiger partial charge < -0.3 is 4.74 Å². The Morgan fingerprint density at radius 2 is 1.22 bits per heavy atom. The number of imide groups is 1. The molecule has 0 radical (unpaired) electrons. The SMILES string of the molecule is CCOC(=O)c1ccc(N2C(=O)[C@H]3[C@H](C2=O)[C@H]2C=C[C@H]3C2=C(c2ccccc2)c2ccccc2)cc1. The quantitative estimate of drug-likeness (QED) is 0.286. The van der Waals surface area contributed by atoms with Crippen LogP contribution < -0.4 is 4.90 Å². The first-order chi connectivity index (χ1) is 17.6. The third-order valence-electron chi connectivity index (χ3n) is 7.47. The molecule has 2 fully saturated rings. The third-order valence-corrected chi connectivity index (χ3v) is 7.47. The van der Waals surface area contributed by atoms with E-state index in [9.17, 15) is 14.4 Å². The second-order valence-electron chi connectivity index (χ2n) is 9.33. The number of hydrogen-bond donors (Lipinski definition) is 0. The summed E-state index contributed by atoms with van der Waals surface area (Å²) in [6.45, 7) is 2.03. The van der Waals surface area contributed by atoms with Gasteiger partial charge in [-0.1, -0.05) is 72.8 Å². The minimum Gasteiger partial charge on any atom is -0.462 e. The van der Waals surface area contributed by atoms with Crippen LogP contribution in [0.2, 0.25) is 0 Å². The maximum Gasteiger partial charge on any atom is 0.338 e. The molecule has 1 saturated carbocycles. The van der Waals surface area contributed by atoms with Gasteiger partial charge in [-0.2, -0.15) is 0 Å². The van der Waals surface area contributed by atoms with Crippen molar-refractivity contribution in [1.29, 1.82) is 0 Å². The van der Waals surface area contributed by atoms with Crippen LogP contribution in [0.25, 0.3) is 5.57 Å². The minimum absolute atomic E-state index is 0.129. The fraction of sp³-hybridized carbons (Fsp3) is 0.194. The summed E-state index contributed by atoms with van der Waals surface area (Å²) in [5.41, 5.74) is 5.32. The van der Waals surface area contributed by atoms with Gasteiger partial charge in [0.15, 0.2) is 0 Å². The van der Waals surface area contributed by atoms with Crippen molar-refractivity contribution in [2.24, 2.45) is 23.7 Å². The van der Waals surface area contributed by atoms with E-state index in [2.05, 4.69) is 36.4 Å². The van der Waals surface area contributed by atoms with E-state index in [1.54, 1.807) is 31.2 Å². The predicted molar refractivity (Wildman–Crippen MR) is 137 cm³/mol. The number of ether oxygens (including phenoxy) is 1. The standard InChI is InChI=1S/C31H25NO4/c1-2-36-31(35)21-13-15-22(16-14-21)32-29(33)27-23-17-18-24(28(27)30(32)34)26(23)25(19-9-5-3-6-10-19)20-11-7-4-8-12-20/h3-18,23-24,27-28H,2H2,1H3/t23-,24-,27+,28+/m0/s1. The molecule has 2 aliphatic carbocycles. The molecule has 3 aliphatic rings. The van der Waals surface area contributed by atoms with Crippen molar-refractivity contribution in [3.8, 4) is 0 Å². The number of carbonyl (C=O) groups is 3. The lowest BCUT2D eigenvalue weighted by Crippen LogP contribution is -2.33. The van der Waals surface area contributed by atoms with E-state index in [4.69, 9.17) is 4.74 Å². The van der Waals surface area contributed by atoms with E-state index in [0.717, 1.165) is 22.3 Å². The molecule has 5 nitrogen and oxygen atoms in total. The number of amides is 2. The lowest BCUT2D eigenvalue weighted by molar-refractivity contribution is -0.122. The molecule has 0 N–H and O–H groups in total. The lowest BCUT2D eigenvalue weighted by Gasteiger charge is -2.21. The highest BCUT2D eigenvalue weighted by atomic mass is 16.5. The third kappa shape index (κ3) is 3.34. The Labute approximate surface area is 209 Å². The van der Waals surface area contributed by atoms with Crippen molar-refractivity contribution in [1.82, 2.24) is 0 Å². The van der Waals surface area contributed by atoms with Gasteiger partial charge in [-0.3, -0.25) is 9.59 Å². The molecule has 2 bridgehead atoms. The summed E-state index contributed by atoms with van der Waals surface area (Å²) in [5.74, 6) is -1.88. The van der Waals surface area contributed by atoms with Gasteiger partial charge >= 0.3 is 5.97 Å². The summed E-state index contributed by atoms with van der Waals surface area (Å²) in [6.07, 6.45) is 4.21. The maximum absolute atomic E-state index is 13.7. The Morgan fingerprint density at radius 1 is 0.722 bits per heavy atom. The second kappa shape index (κ2) is 8.76.